The van der Waals surface area contributed by atoms with Crippen molar-refractivity contribution in [1.29, 1.82) is 0 Å². The molecule has 0 N–H and O–H groups in total. The van der Waals surface area contributed by atoms with E-state index in [1.807, 2.05) is 0 Å². The lowest BCUT2D eigenvalue weighted by Crippen LogP contribution is -2.48. The Balaban J connectivity index is 1.33. The van der Waals surface area contributed by atoms with Crippen LogP contribution in [0.4, 0.5) is 0 Å². The lowest BCUT2D eigenvalue weighted by Gasteiger charge is -2.57. The molecular formula is C40H54O4. The Morgan fingerprint density at radius 3 is 1.41 bits per heavy atom. The van der Waals surface area contributed by atoms with E-state index in [-0.39, 0.29) is 35.9 Å². The first-order chi connectivity index (χ1) is 20.7. The molecule has 4 heteroatoms. The second-order valence-corrected chi connectivity index (χ2v) is 16.8. The SMILES string of the molecule is C=C1CC[C@H]2C(C)(C)CCC[C@]2(C)[C@H]1/C=C/C1=C(C2=C(/C=C/[C@H]3C(=C)CC[C@H]4C(C)(C)CCC[C@]34C)COC2=O)C(=O)OC1. The molecule has 2 heterocycles. The first-order valence-electron chi connectivity index (χ1n) is 17.2. The van der Waals surface area contributed by atoms with Gasteiger partial charge in [-0.3, -0.25) is 0 Å². The minimum atomic E-state index is -0.433. The van der Waals surface area contributed by atoms with E-state index < -0.39 is 11.9 Å². The van der Waals surface area contributed by atoms with Crippen LogP contribution in [0, 0.1) is 45.3 Å². The molecule has 4 fully saturated rings. The van der Waals surface area contributed by atoms with Crippen LogP contribution in [-0.2, 0) is 19.1 Å². The highest BCUT2D eigenvalue weighted by molar-refractivity contribution is 6.11. The minimum absolute atomic E-state index is 0.140. The summed E-state index contributed by atoms with van der Waals surface area (Å²) in [5.74, 6) is 0.873. The highest BCUT2D eigenvalue weighted by Crippen LogP contribution is 2.62. The molecule has 4 nitrogen and oxygen atoms in total. The molecule has 0 amide bonds. The van der Waals surface area contributed by atoms with Crippen molar-refractivity contribution in [2.24, 2.45) is 45.3 Å². The number of carbonyl (C=O) groups excluding carboxylic acids is 2. The number of esters is 2. The van der Waals surface area contributed by atoms with Gasteiger partial charge in [0.15, 0.2) is 0 Å². The molecule has 0 unspecified atom stereocenters. The van der Waals surface area contributed by atoms with Gasteiger partial charge in [-0.15, -0.1) is 0 Å². The summed E-state index contributed by atoms with van der Waals surface area (Å²) in [5, 5.41) is 0. The highest BCUT2D eigenvalue weighted by Gasteiger charge is 2.53. The van der Waals surface area contributed by atoms with Crippen molar-refractivity contribution in [3.63, 3.8) is 0 Å². The average molecular weight is 599 g/mol. The summed E-state index contributed by atoms with van der Waals surface area (Å²) in [6.07, 6.45) is 20.5. The van der Waals surface area contributed by atoms with Crippen LogP contribution in [0.2, 0.25) is 0 Å². The van der Waals surface area contributed by atoms with Gasteiger partial charge >= 0.3 is 11.9 Å². The van der Waals surface area contributed by atoms with Gasteiger partial charge in [-0.05, 0) is 84.9 Å². The Bertz CT molecular complexity index is 1290. The molecular weight excluding hydrogens is 544 g/mol. The summed E-state index contributed by atoms with van der Waals surface area (Å²) in [6.45, 7) is 24.0. The summed E-state index contributed by atoms with van der Waals surface area (Å²) in [5.41, 5.74) is 5.74. The molecule has 0 radical (unpaired) electrons. The Labute approximate surface area is 265 Å². The van der Waals surface area contributed by atoms with E-state index in [1.54, 1.807) is 0 Å². The second kappa shape index (κ2) is 11.0. The molecule has 0 aromatic rings. The number of cyclic esters (lactones) is 2. The van der Waals surface area contributed by atoms with Crippen LogP contribution in [0.5, 0.6) is 0 Å². The third-order valence-corrected chi connectivity index (χ3v) is 13.4. The van der Waals surface area contributed by atoms with Crippen LogP contribution in [0.1, 0.15) is 106 Å². The number of fused-ring (bicyclic) bond motifs is 2. The third-order valence-electron chi connectivity index (χ3n) is 13.4. The maximum atomic E-state index is 13.2. The summed E-state index contributed by atoms with van der Waals surface area (Å²) >= 11 is 0. The van der Waals surface area contributed by atoms with Crippen molar-refractivity contribution < 1.29 is 19.1 Å². The Morgan fingerprint density at radius 1 is 0.636 bits per heavy atom. The fourth-order valence-corrected chi connectivity index (χ4v) is 11.2. The molecule has 0 bridgehead atoms. The predicted octanol–water partition coefficient (Wildman–Crippen LogP) is 9.40. The predicted molar refractivity (Wildman–Crippen MR) is 176 cm³/mol. The molecule has 0 saturated heterocycles. The standard InChI is InChI=1S/C40H54O4/c1-25-11-17-31-37(3,4)19-9-21-39(31,7)29(25)15-13-27-23-43-35(41)33(27)34-28(24-44-36(34)42)14-16-30-26(2)12-18-32-38(5,6)20-10-22-40(30,32)8/h13-16,29-32H,1-2,9-12,17-24H2,3-8H3/b15-13+,16-14+/t29-,30-,31-,32-,39+,40+/m0/s1. The largest absolute Gasteiger partial charge is 0.457 e. The number of ether oxygens (including phenoxy) is 2. The molecule has 6 atom stereocenters. The Morgan fingerprint density at radius 2 is 1.02 bits per heavy atom. The van der Waals surface area contributed by atoms with E-state index in [1.165, 1.54) is 62.5 Å². The van der Waals surface area contributed by atoms with Crippen LogP contribution in [0.15, 0.2) is 70.9 Å². The summed E-state index contributed by atoms with van der Waals surface area (Å²) in [6, 6.07) is 0. The molecule has 6 aliphatic rings. The van der Waals surface area contributed by atoms with Gasteiger partial charge in [0.25, 0.3) is 0 Å². The number of carbonyl (C=O) groups is 2. The zero-order valence-corrected chi connectivity index (χ0v) is 28.2. The molecule has 4 saturated carbocycles. The normalized spacial score (nSPS) is 38.8. The molecule has 0 aromatic heterocycles. The van der Waals surface area contributed by atoms with Crippen LogP contribution in [0.3, 0.4) is 0 Å². The smallest absolute Gasteiger partial charge is 0.339 e. The van der Waals surface area contributed by atoms with Gasteiger partial charge in [-0.1, -0.05) is 103 Å². The molecule has 4 aliphatic carbocycles. The highest BCUT2D eigenvalue weighted by atomic mass is 16.5. The Kier molecular flexibility index (Phi) is 7.86. The van der Waals surface area contributed by atoms with Crippen molar-refractivity contribution in [1.82, 2.24) is 0 Å². The molecule has 0 spiro atoms. The summed E-state index contributed by atoms with van der Waals surface area (Å²) in [4.78, 5) is 26.4. The lowest BCUT2D eigenvalue weighted by atomic mass is 9.47. The van der Waals surface area contributed by atoms with Gasteiger partial charge in [0.1, 0.15) is 13.2 Å². The second-order valence-electron chi connectivity index (χ2n) is 16.8. The van der Waals surface area contributed by atoms with E-state index >= 15 is 0 Å². The quantitative estimate of drug-likeness (QED) is 0.234. The molecule has 0 aromatic carbocycles. The first kappa shape index (κ1) is 31.4. The van der Waals surface area contributed by atoms with Crippen molar-refractivity contribution >= 4 is 11.9 Å². The maximum Gasteiger partial charge on any atom is 0.339 e. The number of hydrogen-bond acceptors (Lipinski definition) is 4. The van der Waals surface area contributed by atoms with Crippen LogP contribution < -0.4 is 0 Å². The fourth-order valence-electron chi connectivity index (χ4n) is 11.2. The Hall–Kier alpha value is -2.62. The van der Waals surface area contributed by atoms with E-state index in [2.05, 4.69) is 79.0 Å². The lowest BCUT2D eigenvalue weighted by molar-refractivity contribution is -0.139. The summed E-state index contributed by atoms with van der Waals surface area (Å²) < 4.78 is 11.1. The van der Waals surface area contributed by atoms with Crippen LogP contribution >= 0.6 is 0 Å². The van der Waals surface area contributed by atoms with Crippen molar-refractivity contribution in [3.05, 3.63) is 70.9 Å². The zero-order chi connectivity index (χ0) is 31.7. The van der Waals surface area contributed by atoms with E-state index in [0.29, 0.717) is 33.8 Å². The first-order valence-corrected chi connectivity index (χ1v) is 17.2. The van der Waals surface area contributed by atoms with E-state index in [9.17, 15) is 9.59 Å². The van der Waals surface area contributed by atoms with Crippen LogP contribution in [-0.4, -0.2) is 25.2 Å². The minimum Gasteiger partial charge on any atom is -0.457 e. The van der Waals surface area contributed by atoms with Crippen molar-refractivity contribution in [3.8, 4) is 0 Å². The van der Waals surface area contributed by atoms with E-state index in [4.69, 9.17) is 9.47 Å². The van der Waals surface area contributed by atoms with E-state index in [0.717, 1.165) is 24.0 Å². The molecule has 44 heavy (non-hydrogen) atoms. The average Bonchev–Trinajstić information content (AvgIpc) is 3.47. The van der Waals surface area contributed by atoms with Gasteiger partial charge in [-0.2, -0.15) is 0 Å². The van der Waals surface area contributed by atoms with Crippen LogP contribution in [0.25, 0.3) is 0 Å². The topological polar surface area (TPSA) is 52.6 Å². The molecule has 6 rings (SSSR count). The van der Waals surface area contributed by atoms with Gasteiger partial charge < -0.3 is 9.47 Å². The number of rotatable bonds is 5. The van der Waals surface area contributed by atoms with Gasteiger partial charge in [0.2, 0.25) is 0 Å². The van der Waals surface area contributed by atoms with Crippen molar-refractivity contribution in [2.75, 3.05) is 13.2 Å². The van der Waals surface area contributed by atoms with Gasteiger partial charge in [-0.25, -0.2) is 9.59 Å². The van der Waals surface area contributed by atoms with Crippen molar-refractivity contribution in [2.45, 2.75) is 106 Å². The number of allylic oxidation sites excluding steroid dienone is 4. The monoisotopic (exact) mass is 598 g/mol. The molecule has 238 valence electrons. The molecule has 2 aliphatic heterocycles. The fraction of sp³-hybridized carbons (Fsp3) is 0.650. The summed E-state index contributed by atoms with van der Waals surface area (Å²) in [7, 11) is 0. The van der Waals surface area contributed by atoms with Gasteiger partial charge in [0, 0.05) is 23.0 Å². The van der Waals surface area contributed by atoms with Gasteiger partial charge in [0.05, 0.1) is 11.1 Å². The number of hydrogen-bond donors (Lipinski definition) is 0. The third kappa shape index (κ3) is 5.03. The zero-order valence-electron chi connectivity index (χ0n) is 28.2. The maximum absolute atomic E-state index is 13.2.